The first kappa shape index (κ1) is 18.8. The Morgan fingerprint density at radius 1 is 1.11 bits per heavy atom. The number of hydrogen-bond acceptors (Lipinski definition) is 3. The summed E-state index contributed by atoms with van der Waals surface area (Å²) in [5.41, 5.74) is 0. The molecular weight excluding hydrogens is 262 g/mol. The molecule has 0 radical (unpaired) electrons. The van der Waals surface area contributed by atoms with Gasteiger partial charge in [-0.25, -0.2) is 0 Å². The van der Waals surface area contributed by atoms with Gasteiger partial charge in [0.05, 0.1) is 0 Å². The Morgan fingerprint density at radius 3 is 2.26 bits per heavy atom. The van der Waals surface area contributed by atoms with Crippen molar-refractivity contribution >= 4 is 10.2 Å². The van der Waals surface area contributed by atoms with Crippen molar-refractivity contribution in [2.75, 3.05) is 40.3 Å². The van der Waals surface area contributed by atoms with Gasteiger partial charge in [0.2, 0.25) is 0 Å². The third-order valence-corrected chi connectivity index (χ3v) is 5.21. The van der Waals surface area contributed by atoms with Crippen molar-refractivity contribution in [3.63, 3.8) is 0 Å². The van der Waals surface area contributed by atoms with Gasteiger partial charge < -0.3 is 5.32 Å². The average Bonchev–Trinajstić information content (AvgIpc) is 2.37. The van der Waals surface area contributed by atoms with Gasteiger partial charge >= 0.3 is 0 Å². The van der Waals surface area contributed by atoms with E-state index in [0.717, 1.165) is 32.4 Å². The second-order valence-electron chi connectivity index (χ2n) is 5.23. The summed E-state index contributed by atoms with van der Waals surface area (Å²) in [6.07, 6.45) is 2.93. The molecule has 1 N–H and O–H groups in total. The van der Waals surface area contributed by atoms with E-state index in [0.29, 0.717) is 19.0 Å². The van der Waals surface area contributed by atoms with Gasteiger partial charge in [0.15, 0.2) is 0 Å². The van der Waals surface area contributed by atoms with E-state index in [4.69, 9.17) is 0 Å². The van der Waals surface area contributed by atoms with Crippen molar-refractivity contribution in [1.29, 1.82) is 0 Å². The molecule has 0 spiro atoms. The van der Waals surface area contributed by atoms with E-state index < -0.39 is 10.2 Å². The highest BCUT2D eigenvalue weighted by molar-refractivity contribution is 7.86. The molecule has 0 rings (SSSR count). The lowest BCUT2D eigenvalue weighted by Gasteiger charge is -2.26. The van der Waals surface area contributed by atoms with Crippen LogP contribution in [0.25, 0.3) is 0 Å². The van der Waals surface area contributed by atoms with E-state index in [1.807, 2.05) is 0 Å². The second kappa shape index (κ2) is 9.69. The highest BCUT2D eigenvalue weighted by Gasteiger charge is 2.23. The smallest absolute Gasteiger partial charge is 0.281 e. The van der Waals surface area contributed by atoms with Crippen LogP contribution in [0.1, 0.15) is 40.0 Å². The molecule has 0 saturated heterocycles. The molecule has 19 heavy (non-hydrogen) atoms. The Hall–Kier alpha value is -0.170. The number of nitrogens with one attached hydrogen (secondary N) is 1. The van der Waals surface area contributed by atoms with Gasteiger partial charge in [-0.2, -0.15) is 17.0 Å². The summed E-state index contributed by atoms with van der Waals surface area (Å²) < 4.78 is 27.4. The van der Waals surface area contributed by atoms with Gasteiger partial charge in [0.25, 0.3) is 10.2 Å². The van der Waals surface area contributed by atoms with E-state index >= 15 is 0 Å². The van der Waals surface area contributed by atoms with Crippen molar-refractivity contribution in [3.05, 3.63) is 0 Å². The van der Waals surface area contributed by atoms with E-state index in [9.17, 15) is 8.42 Å². The minimum atomic E-state index is -3.30. The maximum Gasteiger partial charge on any atom is 0.281 e. The maximum absolute atomic E-state index is 12.2. The van der Waals surface area contributed by atoms with Crippen LogP contribution >= 0.6 is 0 Å². The Bertz CT molecular complexity index is 320. The lowest BCUT2D eigenvalue weighted by molar-refractivity contribution is 0.351. The van der Waals surface area contributed by atoms with Gasteiger partial charge in [-0.3, -0.25) is 0 Å². The van der Waals surface area contributed by atoms with Crippen LogP contribution in [-0.2, 0) is 10.2 Å². The Labute approximate surface area is 119 Å². The molecule has 5 nitrogen and oxygen atoms in total. The molecule has 116 valence electrons. The van der Waals surface area contributed by atoms with Gasteiger partial charge in [0.1, 0.15) is 0 Å². The van der Waals surface area contributed by atoms with Crippen LogP contribution in [0, 0.1) is 5.92 Å². The van der Waals surface area contributed by atoms with Crippen LogP contribution in [0.15, 0.2) is 0 Å². The molecule has 0 aromatic carbocycles. The van der Waals surface area contributed by atoms with Crippen LogP contribution < -0.4 is 5.32 Å². The van der Waals surface area contributed by atoms with Crippen LogP contribution in [-0.4, -0.2) is 57.3 Å². The highest BCUT2D eigenvalue weighted by Crippen LogP contribution is 2.09. The van der Waals surface area contributed by atoms with E-state index in [-0.39, 0.29) is 0 Å². The fourth-order valence-electron chi connectivity index (χ4n) is 1.74. The van der Waals surface area contributed by atoms with Crippen molar-refractivity contribution in [3.8, 4) is 0 Å². The quantitative estimate of drug-likeness (QED) is 0.588. The van der Waals surface area contributed by atoms with Crippen molar-refractivity contribution in [2.45, 2.75) is 40.0 Å². The zero-order chi connectivity index (χ0) is 14.9. The van der Waals surface area contributed by atoms with Gasteiger partial charge in [-0.05, 0) is 31.8 Å². The SMILES string of the molecule is CCCNCCCN(C)S(=O)(=O)N(C)CC(C)CC. The number of nitrogens with zero attached hydrogens (tertiary/aromatic N) is 2. The zero-order valence-electron chi connectivity index (χ0n) is 13.1. The van der Waals surface area contributed by atoms with Crippen molar-refractivity contribution in [1.82, 2.24) is 13.9 Å². The average molecular weight is 293 g/mol. The summed E-state index contributed by atoms with van der Waals surface area (Å²) >= 11 is 0. The standard InChI is InChI=1S/C13H31N3O2S/c1-6-9-14-10-8-11-15(4)19(17,18)16(5)12-13(3)7-2/h13-14H,6-12H2,1-5H3. The minimum absolute atomic E-state index is 0.388. The second-order valence-corrected chi connectivity index (χ2v) is 7.37. The number of rotatable bonds is 11. The normalized spacial score (nSPS) is 14.3. The van der Waals surface area contributed by atoms with E-state index in [1.54, 1.807) is 14.1 Å². The first-order chi connectivity index (χ1) is 8.86. The fraction of sp³-hybridized carbons (Fsp3) is 1.00. The zero-order valence-corrected chi connectivity index (χ0v) is 14.0. The van der Waals surface area contributed by atoms with Gasteiger partial charge in [-0.15, -0.1) is 0 Å². The van der Waals surface area contributed by atoms with Crippen LogP contribution in [0.2, 0.25) is 0 Å². The first-order valence-electron chi connectivity index (χ1n) is 7.24. The van der Waals surface area contributed by atoms with E-state index in [2.05, 4.69) is 26.1 Å². The molecule has 0 saturated carbocycles. The molecule has 0 aliphatic rings. The first-order valence-corrected chi connectivity index (χ1v) is 8.64. The van der Waals surface area contributed by atoms with Crippen LogP contribution in [0.3, 0.4) is 0 Å². The third-order valence-electron chi connectivity index (χ3n) is 3.31. The summed E-state index contributed by atoms with van der Waals surface area (Å²) in [5.74, 6) is 0.388. The lowest BCUT2D eigenvalue weighted by atomic mass is 10.1. The Balaban J connectivity index is 4.16. The monoisotopic (exact) mass is 293 g/mol. The summed E-state index contributed by atoms with van der Waals surface area (Å²) in [5, 5.41) is 3.28. The molecular formula is C13H31N3O2S. The summed E-state index contributed by atoms with van der Waals surface area (Å²) in [6, 6.07) is 0. The largest absolute Gasteiger partial charge is 0.317 e. The predicted octanol–water partition coefficient (Wildman–Crippen LogP) is 1.53. The molecule has 0 heterocycles. The lowest BCUT2D eigenvalue weighted by Crippen LogP contribution is -2.42. The molecule has 0 bridgehead atoms. The maximum atomic E-state index is 12.2. The molecule has 0 aromatic rings. The summed E-state index contributed by atoms with van der Waals surface area (Å²) in [4.78, 5) is 0. The predicted molar refractivity (Wildman–Crippen MR) is 81.4 cm³/mol. The molecule has 0 fully saturated rings. The summed E-state index contributed by atoms with van der Waals surface area (Å²) in [7, 11) is 0.0171. The molecule has 6 heteroatoms. The molecule has 0 aromatic heterocycles. The molecule has 0 aliphatic heterocycles. The molecule has 1 unspecified atom stereocenters. The third kappa shape index (κ3) is 7.25. The van der Waals surface area contributed by atoms with Crippen molar-refractivity contribution in [2.24, 2.45) is 5.92 Å². The topological polar surface area (TPSA) is 52.7 Å². The minimum Gasteiger partial charge on any atom is -0.317 e. The van der Waals surface area contributed by atoms with Crippen LogP contribution in [0.4, 0.5) is 0 Å². The fourth-order valence-corrected chi connectivity index (χ4v) is 3.02. The Kier molecular flexibility index (Phi) is 9.60. The molecule has 0 aliphatic carbocycles. The molecule has 0 amide bonds. The Morgan fingerprint density at radius 2 is 1.74 bits per heavy atom. The van der Waals surface area contributed by atoms with Crippen molar-refractivity contribution < 1.29 is 8.42 Å². The van der Waals surface area contributed by atoms with Gasteiger partial charge in [0, 0.05) is 27.2 Å². The molecule has 1 atom stereocenters. The van der Waals surface area contributed by atoms with E-state index in [1.165, 1.54) is 8.61 Å². The highest BCUT2D eigenvalue weighted by atomic mass is 32.2. The summed E-state index contributed by atoms with van der Waals surface area (Å²) in [6.45, 7) is 9.26. The van der Waals surface area contributed by atoms with Crippen LogP contribution in [0.5, 0.6) is 0 Å². The number of hydrogen-bond donors (Lipinski definition) is 1. The van der Waals surface area contributed by atoms with Gasteiger partial charge in [-0.1, -0.05) is 27.2 Å².